The van der Waals surface area contributed by atoms with E-state index < -0.39 is 0 Å². The molecule has 0 fully saturated rings. The molecule has 0 radical (unpaired) electrons. The lowest BCUT2D eigenvalue weighted by molar-refractivity contribution is -0.121. The molecule has 0 aliphatic heterocycles. The Labute approximate surface area is 175 Å². The Balaban J connectivity index is 0. The lowest BCUT2D eigenvalue weighted by Crippen LogP contribution is -2.24. The molecule has 0 aromatic rings. The van der Waals surface area contributed by atoms with Gasteiger partial charge in [-0.25, -0.2) is 0 Å². The highest BCUT2D eigenvalue weighted by molar-refractivity contribution is 5.85. The number of hydrogen-bond donors (Lipinski definition) is 2. The fraction of sp³-hybridized carbons (Fsp3) is 0.870. The van der Waals surface area contributed by atoms with E-state index in [9.17, 15) is 4.79 Å². The maximum absolute atomic E-state index is 11.7. The van der Waals surface area contributed by atoms with Crippen LogP contribution in [0.5, 0.6) is 0 Å². The number of rotatable bonds is 20. The van der Waals surface area contributed by atoms with Crippen LogP contribution in [0.3, 0.4) is 0 Å². The molecule has 0 aromatic heterocycles. The summed E-state index contributed by atoms with van der Waals surface area (Å²) in [7, 11) is 0. The molecule has 0 heterocycles. The Hall–Kier alpha value is -0.540. The number of carbonyl (C=O) groups excluding carboxylic acids is 1. The van der Waals surface area contributed by atoms with Crippen LogP contribution in [0.2, 0.25) is 0 Å². The molecule has 0 saturated heterocycles. The Morgan fingerprint density at radius 3 is 1.85 bits per heavy atom. The van der Waals surface area contributed by atoms with Gasteiger partial charge in [0.05, 0.1) is 0 Å². The summed E-state index contributed by atoms with van der Waals surface area (Å²) in [4.78, 5) is 11.7. The minimum atomic E-state index is 0. The van der Waals surface area contributed by atoms with Crippen molar-refractivity contribution in [2.75, 3.05) is 13.1 Å². The summed E-state index contributed by atoms with van der Waals surface area (Å²) >= 11 is 0. The van der Waals surface area contributed by atoms with Gasteiger partial charge in [0, 0.05) is 13.0 Å². The normalized spacial score (nSPS) is 10.9. The zero-order chi connectivity index (χ0) is 19.1. The van der Waals surface area contributed by atoms with Crippen molar-refractivity contribution in [3.05, 3.63) is 12.2 Å². The fourth-order valence-corrected chi connectivity index (χ4v) is 3.12. The van der Waals surface area contributed by atoms with Crippen LogP contribution < -0.4 is 11.1 Å². The minimum absolute atomic E-state index is 0. The Morgan fingerprint density at radius 2 is 1.26 bits per heavy atom. The molecule has 0 aliphatic rings. The lowest BCUT2D eigenvalue weighted by atomic mass is 10.1. The molecule has 162 valence electrons. The highest BCUT2D eigenvalue weighted by Crippen LogP contribution is 2.10. The van der Waals surface area contributed by atoms with Gasteiger partial charge in [-0.2, -0.15) is 0 Å². The van der Waals surface area contributed by atoms with Crippen LogP contribution in [0, 0.1) is 0 Å². The number of nitrogens with two attached hydrogens (primary N) is 1. The van der Waals surface area contributed by atoms with Crippen molar-refractivity contribution in [3.8, 4) is 0 Å². The predicted molar refractivity (Wildman–Crippen MR) is 123 cm³/mol. The quantitative estimate of drug-likeness (QED) is 0.176. The summed E-state index contributed by atoms with van der Waals surface area (Å²) < 4.78 is 0. The number of unbranched alkanes of at least 4 members (excludes halogenated alkanes) is 13. The van der Waals surface area contributed by atoms with Gasteiger partial charge in [0.2, 0.25) is 5.91 Å². The summed E-state index contributed by atoms with van der Waals surface area (Å²) in [6, 6.07) is 0. The van der Waals surface area contributed by atoms with E-state index in [1.807, 2.05) is 0 Å². The molecule has 0 atom stereocenters. The van der Waals surface area contributed by atoms with Crippen LogP contribution in [0.4, 0.5) is 0 Å². The minimum Gasteiger partial charge on any atom is -0.356 e. The third-order valence-corrected chi connectivity index (χ3v) is 4.87. The van der Waals surface area contributed by atoms with E-state index in [0.29, 0.717) is 6.42 Å². The molecule has 0 unspecified atom stereocenters. The van der Waals surface area contributed by atoms with Crippen molar-refractivity contribution in [1.82, 2.24) is 5.32 Å². The highest BCUT2D eigenvalue weighted by Gasteiger charge is 2.00. The first-order chi connectivity index (χ1) is 12.8. The maximum Gasteiger partial charge on any atom is 0.219 e. The van der Waals surface area contributed by atoms with Gasteiger partial charge in [-0.1, -0.05) is 76.9 Å². The van der Waals surface area contributed by atoms with Crippen LogP contribution in [0.15, 0.2) is 12.2 Å². The molecular formula is C23H47ClN2O. The van der Waals surface area contributed by atoms with Gasteiger partial charge < -0.3 is 11.1 Å². The van der Waals surface area contributed by atoms with E-state index in [1.165, 1.54) is 77.0 Å². The Morgan fingerprint density at radius 1 is 0.741 bits per heavy atom. The first kappa shape index (κ1) is 28.7. The Kier molecular flexibility index (Phi) is 27.0. The summed E-state index contributed by atoms with van der Waals surface area (Å²) in [6.07, 6.45) is 25.5. The molecule has 0 aromatic carbocycles. The van der Waals surface area contributed by atoms with Crippen LogP contribution in [0.25, 0.3) is 0 Å². The van der Waals surface area contributed by atoms with E-state index in [1.54, 1.807) is 0 Å². The van der Waals surface area contributed by atoms with E-state index >= 15 is 0 Å². The average molecular weight is 403 g/mol. The van der Waals surface area contributed by atoms with Gasteiger partial charge >= 0.3 is 0 Å². The molecule has 0 bridgehead atoms. The highest BCUT2D eigenvalue weighted by atomic mass is 35.5. The molecule has 3 N–H and O–H groups in total. The van der Waals surface area contributed by atoms with Crippen molar-refractivity contribution in [3.63, 3.8) is 0 Å². The number of hydrogen-bond acceptors (Lipinski definition) is 2. The maximum atomic E-state index is 11.7. The summed E-state index contributed by atoms with van der Waals surface area (Å²) in [6.45, 7) is 3.83. The van der Waals surface area contributed by atoms with Gasteiger partial charge in [-0.05, 0) is 51.5 Å². The lowest BCUT2D eigenvalue weighted by Gasteiger charge is -2.05. The molecule has 0 saturated carbocycles. The van der Waals surface area contributed by atoms with E-state index in [-0.39, 0.29) is 18.3 Å². The van der Waals surface area contributed by atoms with Gasteiger partial charge in [0.1, 0.15) is 0 Å². The topological polar surface area (TPSA) is 55.1 Å². The van der Waals surface area contributed by atoms with Crippen LogP contribution >= 0.6 is 12.4 Å². The monoisotopic (exact) mass is 402 g/mol. The average Bonchev–Trinajstić information content (AvgIpc) is 2.64. The molecule has 0 rings (SSSR count). The first-order valence-corrected chi connectivity index (χ1v) is 11.4. The summed E-state index contributed by atoms with van der Waals surface area (Å²) in [5.41, 5.74) is 5.45. The largest absolute Gasteiger partial charge is 0.356 e. The van der Waals surface area contributed by atoms with Crippen molar-refractivity contribution in [2.24, 2.45) is 5.73 Å². The number of allylic oxidation sites excluding steroid dienone is 2. The van der Waals surface area contributed by atoms with E-state index in [4.69, 9.17) is 5.73 Å². The number of carbonyl (C=O) groups is 1. The molecule has 1 amide bonds. The molecule has 3 nitrogen and oxygen atoms in total. The SMILES string of the molecule is CCCCCCCC/C=C\CCCCCCCC(=O)NCCCCCN.Cl. The summed E-state index contributed by atoms with van der Waals surface area (Å²) in [5, 5.41) is 3.00. The standard InChI is InChI=1S/C23H46N2O.ClH/c1-2-3-4-5-6-7-8-9-10-11-12-13-14-15-17-20-23(26)25-22-19-16-18-21-24;/h9-10H,2-8,11-22,24H2,1H3,(H,25,26);1H/b10-9-;. The Bertz CT molecular complexity index is 322. The number of nitrogens with one attached hydrogen (secondary N) is 1. The predicted octanol–water partition coefficient (Wildman–Crippen LogP) is 6.69. The second-order valence-electron chi connectivity index (χ2n) is 7.53. The zero-order valence-corrected chi connectivity index (χ0v) is 18.8. The number of halogens is 1. The second-order valence-corrected chi connectivity index (χ2v) is 7.53. The third kappa shape index (κ3) is 25.5. The van der Waals surface area contributed by atoms with E-state index in [0.717, 1.165) is 38.8 Å². The van der Waals surface area contributed by atoms with Crippen molar-refractivity contribution in [1.29, 1.82) is 0 Å². The van der Waals surface area contributed by atoms with Crippen molar-refractivity contribution in [2.45, 2.75) is 116 Å². The third-order valence-electron chi connectivity index (χ3n) is 4.87. The first-order valence-electron chi connectivity index (χ1n) is 11.4. The van der Waals surface area contributed by atoms with Crippen molar-refractivity contribution >= 4 is 18.3 Å². The molecule has 0 spiro atoms. The second kappa shape index (κ2) is 25.5. The molecule has 27 heavy (non-hydrogen) atoms. The van der Waals surface area contributed by atoms with Gasteiger partial charge in [-0.3, -0.25) is 4.79 Å². The zero-order valence-electron chi connectivity index (χ0n) is 18.0. The molecular weight excluding hydrogens is 356 g/mol. The van der Waals surface area contributed by atoms with Gasteiger partial charge in [-0.15, -0.1) is 12.4 Å². The number of amides is 1. The summed E-state index contributed by atoms with van der Waals surface area (Å²) in [5.74, 6) is 0.218. The van der Waals surface area contributed by atoms with Gasteiger partial charge in [0.15, 0.2) is 0 Å². The van der Waals surface area contributed by atoms with Crippen LogP contribution in [-0.2, 0) is 4.79 Å². The van der Waals surface area contributed by atoms with E-state index in [2.05, 4.69) is 24.4 Å². The fourth-order valence-electron chi connectivity index (χ4n) is 3.12. The molecule has 0 aliphatic carbocycles. The van der Waals surface area contributed by atoms with Crippen LogP contribution in [-0.4, -0.2) is 19.0 Å². The van der Waals surface area contributed by atoms with Crippen molar-refractivity contribution < 1.29 is 4.79 Å². The van der Waals surface area contributed by atoms with Gasteiger partial charge in [0.25, 0.3) is 0 Å². The van der Waals surface area contributed by atoms with Crippen LogP contribution in [0.1, 0.15) is 116 Å². The molecule has 4 heteroatoms. The smallest absolute Gasteiger partial charge is 0.219 e.